The van der Waals surface area contributed by atoms with Crippen LogP contribution in [0, 0.1) is 31.7 Å². The molecule has 0 heterocycles. The summed E-state index contributed by atoms with van der Waals surface area (Å²) in [4.78, 5) is 0.284. The number of aryl methyl sites for hydroxylation is 2. The molecule has 1 aliphatic carbocycles. The monoisotopic (exact) mass is 379 g/mol. The lowest BCUT2D eigenvalue weighted by atomic mass is 9.96. The van der Waals surface area contributed by atoms with Crippen LogP contribution in [-0.4, -0.2) is 19.3 Å². The van der Waals surface area contributed by atoms with Crippen molar-refractivity contribution in [3.8, 4) is 12.0 Å². The Labute approximate surface area is 162 Å². The number of allylic oxidation sites excluding steroid dienone is 1. The van der Waals surface area contributed by atoms with Crippen molar-refractivity contribution in [1.82, 2.24) is 4.31 Å². The Morgan fingerprint density at radius 1 is 1.07 bits per heavy atom. The number of benzene rings is 2. The number of rotatable bonds is 4. The fourth-order valence-electron chi connectivity index (χ4n) is 3.12. The zero-order chi connectivity index (χ0) is 19.3. The second-order valence-corrected chi connectivity index (χ2v) is 8.88. The van der Waals surface area contributed by atoms with Crippen LogP contribution >= 0.6 is 0 Å². The summed E-state index contributed by atoms with van der Waals surface area (Å²) in [7, 11) is -3.67. The van der Waals surface area contributed by atoms with Gasteiger partial charge in [0.2, 0.25) is 0 Å². The van der Waals surface area contributed by atoms with Crippen LogP contribution in [0.1, 0.15) is 36.0 Å². The van der Waals surface area contributed by atoms with Crippen molar-refractivity contribution in [3.05, 3.63) is 77.4 Å². The van der Waals surface area contributed by atoms with E-state index in [1.807, 2.05) is 50.2 Å². The van der Waals surface area contributed by atoms with Gasteiger partial charge in [-0.05, 0) is 68.7 Å². The van der Waals surface area contributed by atoms with Crippen molar-refractivity contribution in [3.63, 3.8) is 0 Å². The molecule has 4 heteroatoms. The fourth-order valence-corrected chi connectivity index (χ4v) is 4.41. The predicted molar refractivity (Wildman–Crippen MR) is 110 cm³/mol. The average molecular weight is 380 g/mol. The van der Waals surface area contributed by atoms with Gasteiger partial charge < -0.3 is 0 Å². The van der Waals surface area contributed by atoms with Crippen LogP contribution in [0.4, 0.5) is 0 Å². The maximum Gasteiger partial charge on any atom is 0.271 e. The van der Waals surface area contributed by atoms with Gasteiger partial charge in [0.1, 0.15) is 0 Å². The van der Waals surface area contributed by atoms with Crippen molar-refractivity contribution in [2.75, 3.05) is 6.54 Å². The van der Waals surface area contributed by atoms with Gasteiger partial charge in [-0.1, -0.05) is 48.0 Å². The molecule has 0 bridgehead atoms. The third kappa shape index (κ3) is 4.81. The minimum absolute atomic E-state index is 0.199. The first-order valence-electron chi connectivity index (χ1n) is 9.30. The van der Waals surface area contributed by atoms with Crippen molar-refractivity contribution in [1.29, 1.82) is 0 Å². The minimum atomic E-state index is -3.67. The van der Waals surface area contributed by atoms with E-state index in [2.05, 4.69) is 24.1 Å². The van der Waals surface area contributed by atoms with E-state index < -0.39 is 10.0 Å². The lowest BCUT2D eigenvalue weighted by molar-refractivity contribution is 0.431. The molecule has 0 spiro atoms. The Balaban J connectivity index is 1.96. The first-order valence-corrected chi connectivity index (χ1v) is 10.7. The number of hydrogen-bond donors (Lipinski definition) is 0. The van der Waals surface area contributed by atoms with Crippen LogP contribution < -0.4 is 0 Å². The second kappa shape index (κ2) is 8.45. The largest absolute Gasteiger partial charge is 0.271 e. The summed E-state index contributed by atoms with van der Waals surface area (Å²) in [6.45, 7) is 4.30. The molecule has 0 fully saturated rings. The molecule has 0 radical (unpaired) electrons. The lowest BCUT2D eigenvalue weighted by Crippen LogP contribution is -2.31. The zero-order valence-electron chi connectivity index (χ0n) is 15.9. The molecular weight excluding hydrogens is 354 g/mol. The van der Waals surface area contributed by atoms with Gasteiger partial charge >= 0.3 is 0 Å². The van der Waals surface area contributed by atoms with Gasteiger partial charge in [-0.15, -0.1) is 0 Å². The van der Waals surface area contributed by atoms with Crippen molar-refractivity contribution >= 4 is 10.0 Å². The second-order valence-electron chi connectivity index (χ2n) is 7.02. The molecule has 2 aromatic rings. The molecule has 1 atom stereocenters. The molecule has 0 N–H and O–H groups in total. The van der Waals surface area contributed by atoms with Gasteiger partial charge in [0.05, 0.1) is 4.90 Å². The topological polar surface area (TPSA) is 37.4 Å². The summed E-state index contributed by atoms with van der Waals surface area (Å²) in [6, 6.07) is 17.7. The molecule has 1 unspecified atom stereocenters. The molecule has 2 aromatic carbocycles. The molecular formula is C23H25NO2S. The Bertz CT molecular complexity index is 979. The Hall–Kier alpha value is -2.51. The predicted octanol–water partition coefficient (Wildman–Crippen LogP) is 4.66. The molecule has 140 valence electrons. The van der Waals surface area contributed by atoms with Gasteiger partial charge in [-0.25, -0.2) is 12.7 Å². The standard InChI is InChI=1S/C23H25NO2S/c1-19-12-14-23(15-13-19)27(25,26)24(18-21-9-4-3-5-10-21)17-16-22-11-7-6-8-20(22)2/h4,6-9,11-15,21H,3,5,10,18H2,1-2H3. The number of hydrogen-bond acceptors (Lipinski definition) is 2. The summed E-state index contributed by atoms with van der Waals surface area (Å²) in [5.74, 6) is 3.26. The summed E-state index contributed by atoms with van der Waals surface area (Å²) in [5.41, 5.74) is 2.91. The van der Waals surface area contributed by atoms with Gasteiger partial charge in [0, 0.05) is 18.2 Å². The zero-order valence-corrected chi connectivity index (χ0v) is 16.7. The van der Waals surface area contributed by atoms with Gasteiger partial charge in [0.15, 0.2) is 0 Å². The molecule has 0 saturated carbocycles. The Morgan fingerprint density at radius 2 is 1.81 bits per heavy atom. The van der Waals surface area contributed by atoms with Crippen LogP contribution in [0.3, 0.4) is 0 Å². The summed E-state index contributed by atoms with van der Waals surface area (Å²) in [6.07, 6.45) is 7.40. The number of nitrogens with zero attached hydrogens (tertiary/aromatic N) is 1. The van der Waals surface area contributed by atoms with Crippen LogP contribution in [0.5, 0.6) is 0 Å². The maximum absolute atomic E-state index is 13.2. The first kappa shape index (κ1) is 19.3. The van der Waals surface area contributed by atoms with Crippen LogP contribution in [0.25, 0.3) is 0 Å². The van der Waals surface area contributed by atoms with E-state index in [9.17, 15) is 8.42 Å². The third-order valence-electron chi connectivity index (χ3n) is 4.82. The average Bonchev–Trinajstić information content (AvgIpc) is 2.67. The molecule has 1 aliphatic rings. The molecule has 3 rings (SSSR count). The van der Waals surface area contributed by atoms with Gasteiger partial charge in [0.25, 0.3) is 10.0 Å². The maximum atomic E-state index is 13.2. The van der Waals surface area contributed by atoms with E-state index in [4.69, 9.17) is 0 Å². The van der Waals surface area contributed by atoms with E-state index >= 15 is 0 Å². The smallest absolute Gasteiger partial charge is 0.224 e. The highest BCUT2D eigenvalue weighted by Gasteiger charge is 2.25. The molecule has 0 aliphatic heterocycles. The van der Waals surface area contributed by atoms with E-state index in [1.165, 1.54) is 4.31 Å². The van der Waals surface area contributed by atoms with Crippen LogP contribution in [-0.2, 0) is 10.0 Å². The van der Waals surface area contributed by atoms with Crippen LogP contribution in [0.15, 0.2) is 65.6 Å². The van der Waals surface area contributed by atoms with Crippen LogP contribution in [0.2, 0.25) is 0 Å². The van der Waals surface area contributed by atoms with Crippen molar-refractivity contribution in [2.24, 2.45) is 5.92 Å². The highest BCUT2D eigenvalue weighted by molar-refractivity contribution is 7.89. The van der Waals surface area contributed by atoms with E-state index in [1.54, 1.807) is 12.1 Å². The SMILES string of the molecule is Cc1ccc(S(=O)(=O)N(C#Cc2ccccc2C)CC2C=CCCC2)cc1. The Kier molecular flexibility index (Phi) is 6.03. The quantitative estimate of drug-likeness (QED) is 0.440. The highest BCUT2D eigenvalue weighted by atomic mass is 32.2. The summed E-state index contributed by atoms with van der Waals surface area (Å²) < 4.78 is 27.8. The van der Waals surface area contributed by atoms with E-state index in [0.717, 1.165) is 36.0 Å². The van der Waals surface area contributed by atoms with E-state index in [-0.39, 0.29) is 10.8 Å². The summed E-state index contributed by atoms with van der Waals surface area (Å²) >= 11 is 0. The van der Waals surface area contributed by atoms with Gasteiger partial charge in [-0.2, -0.15) is 0 Å². The lowest BCUT2D eigenvalue weighted by Gasteiger charge is -2.24. The Morgan fingerprint density at radius 3 is 2.48 bits per heavy atom. The minimum Gasteiger partial charge on any atom is -0.224 e. The van der Waals surface area contributed by atoms with Gasteiger partial charge in [-0.3, -0.25) is 0 Å². The highest BCUT2D eigenvalue weighted by Crippen LogP contribution is 2.22. The fraction of sp³-hybridized carbons (Fsp3) is 0.304. The molecule has 0 saturated heterocycles. The summed E-state index contributed by atoms with van der Waals surface area (Å²) in [5, 5.41) is 0. The molecule has 0 aromatic heterocycles. The molecule has 0 amide bonds. The third-order valence-corrected chi connectivity index (χ3v) is 6.51. The van der Waals surface area contributed by atoms with Crippen molar-refractivity contribution in [2.45, 2.75) is 38.0 Å². The molecule has 3 nitrogen and oxygen atoms in total. The number of sulfonamides is 1. The van der Waals surface area contributed by atoms with E-state index in [0.29, 0.717) is 6.54 Å². The molecule has 27 heavy (non-hydrogen) atoms. The van der Waals surface area contributed by atoms with Crippen molar-refractivity contribution < 1.29 is 8.42 Å². The normalized spacial score (nSPS) is 16.4. The first-order chi connectivity index (χ1) is 13.0.